The Kier molecular flexibility index (Phi) is 6.72. The molecule has 0 spiro atoms. The number of hydrogen-bond donors (Lipinski definition) is 2. The Balaban J connectivity index is 1.39. The molecule has 1 aliphatic rings. The maximum absolute atomic E-state index is 12.5. The van der Waals surface area contributed by atoms with Gasteiger partial charge in [-0.15, -0.1) is 0 Å². The van der Waals surface area contributed by atoms with Crippen molar-refractivity contribution in [3.8, 4) is 5.69 Å². The topological polar surface area (TPSA) is 79.3 Å². The van der Waals surface area contributed by atoms with Crippen LogP contribution < -0.4 is 15.5 Å². The lowest BCUT2D eigenvalue weighted by Gasteiger charge is -2.29. The molecule has 2 aromatic carbocycles. The molecular formula is C23H24ClN5O2S. The third-order valence-corrected chi connectivity index (χ3v) is 6.65. The maximum Gasteiger partial charge on any atom is 0.239 e. The molecule has 2 amide bonds. The van der Waals surface area contributed by atoms with Gasteiger partial charge in [0, 0.05) is 31.2 Å². The highest BCUT2D eigenvalue weighted by atomic mass is 35.5. The summed E-state index contributed by atoms with van der Waals surface area (Å²) >= 11 is 7.80. The molecule has 0 unspecified atom stereocenters. The van der Waals surface area contributed by atoms with Gasteiger partial charge >= 0.3 is 0 Å². The van der Waals surface area contributed by atoms with Crippen molar-refractivity contribution in [2.45, 2.75) is 19.0 Å². The maximum atomic E-state index is 12.5. The molecule has 166 valence electrons. The van der Waals surface area contributed by atoms with Gasteiger partial charge in [-0.25, -0.2) is 4.98 Å². The number of piperazine rings is 1. The molecule has 3 aromatic rings. The van der Waals surface area contributed by atoms with Crippen molar-refractivity contribution in [3.63, 3.8) is 0 Å². The SMILES string of the molecule is Cc1cccc(-n2ccnc2SCC(=O)Nc2ccc(N3CCNC(=O)C3)c(Cl)c2)c1C. The Morgan fingerprint density at radius 1 is 1.25 bits per heavy atom. The molecule has 9 heteroatoms. The second-order valence-electron chi connectivity index (χ2n) is 7.57. The molecule has 2 heterocycles. The number of aryl methyl sites for hydroxylation is 1. The van der Waals surface area contributed by atoms with Crippen LogP contribution in [0.1, 0.15) is 11.1 Å². The van der Waals surface area contributed by atoms with Crippen LogP contribution in [-0.2, 0) is 9.59 Å². The first-order chi connectivity index (χ1) is 15.4. The van der Waals surface area contributed by atoms with E-state index in [1.54, 1.807) is 18.3 Å². The van der Waals surface area contributed by atoms with Crippen molar-refractivity contribution >= 4 is 46.6 Å². The lowest BCUT2D eigenvalue weighted by atomic mass is 10.1. The van der Waals surface area contributed by atoms with Crippen molar-refractivity contribution in [2.75, 3.05) is 35.6 Å². The fourth-order valence-electron chi connectivity index (χ4n) is 3.59. The number of imidazole rings is 1. The number of carbonyl (C=O) groups is 2. The summed E-state index contributed by atoms with van der Waals surface area (Å²) in [6.45, 7) is 5.71. The number of carbonyl (C=O) groups excluding carboxylic acids is 2. The molecular weight excluding hydrogens is 446 g/mol. The molecule has 1 aromatic heterocycles. The predicted octanol–water partition coefficient (Wildman–Crippen LogP) is 3.81. The minimum absolute atomic E-state index is 0.0269. The summed E-state index contributed by atoms with van der Waals surface area (Å²) in [6, 6.07) is 11.5. The minimum atomic E-state index is -0.147. The second-order valence-corrected chi connectivity index (χ2v) is 8.92. The van der Waals surface area contributed by atoms with Crippen LogP contribution in [-0.4, -0.2) is 46.8 Å². The van der Waals surface area contributed by atoms with Crippen LogP contribution in [0.15, 0.2) is 53.9 Å². The molecule has 0 saturated carbocycles. The Morgan fingerprint density at radius 2 is 2.09 bits per heavy atom. The molecule has 0 radical (unpaired) electrons. The van der Waals surface area contributed by atoms with E-state index in [9.17, 15) is 9.59 Å². The summed E-state index contributed by atoms with van der Waals surface area (Å²) in [7, 11) is 0. The molecule has 0 atom stereocenters. The zero-order chi connectivity index (χ0) is 22.7. The summed E-state index contributed by atoms with van der Waals surface area (Å²) in [6.07, 6.45) is 3.64. The van der Waals surface area contributed by atoms with Gasteiger partial charge in [0.15, 0.2) is 5.16 Å². The molecule has 0 aliphatic carbocycles. The van der Waals surface area contributed by atoms with E-state index in [-0.39, 0.29) is 24.1 Å². The number of hydrogen-bond acceptors (Lipinski definition) is 5. The summed E-state index contributed by atoms with van der Waals surface area (Å²) in [4.78, 5) is 30.5. The number of nitrogens with zero attached hydrogens (tertiary/aromatic N) is 3. The van der Waals surface area contributed by atoms with Gasteiger partial charge in [0.2, 0.25) is 11.8 Å². The summed E-state index contributed by atoms with van der Waals surface area (Å²) < 4.78 is 2.00. The van der Waals surface area contributed by atoms with E-state index < -0.39 is 0 Å². The van der Waals surface area contributed by atoms with E-state index in [2.05, 4.69) is 35.5 Å². The van der Waals surface area contributed by atoms with E-state index in [1.807, 2.05) is 33.9 Å². The van der Waals surface area contributed by atoms with E-state index in [0.29, 0.717) is 23.8 Å². The number of aromatic nitrogens is 2. The van der Waals surface area contributed by atoms with Gasteiger partial charge in [0.1, 0.15) is 0 Å². The third-order valence-electron chi connectivity index (χ3n) is 5.39. The van der Waals surface area contributed by atoms with Crippen molar-refractivity contribution in [3.05, 3.63) is 64.9 Å². The first-order valence-corrected chi connectivity index (χ1v) is 11.6. The Hall–Kier alpha value is -2.97. The van der Waals surface area contributed by atoms with Gasteiger partial charge in [-0.1, -0.05) is 35.5 Å². The Morgan fingerprint density at radius 3 is 2.88 bits per heavy atom. The standard InChI is InChI=1S/C23H24ClN5O2S/c1-15-4-3-5-19(16(15)2)29-11-9-26-23(29)32-14-22(31)27-17-6-7-20(18(24)12-17)28-10-8-25-21(30)13-28/h3-7,9,11-12H,8,10,13-14H2,1-2H3,(H,25,30)(H,27,31). The predicted molar refractivity (Wildman–Crippen MR) is 129 cm³/mol. The molecule has 7 nitrogen and oxygen atoms in total. The molecule has 0 bridgehead atoms. The average molecular weight is 470 g/mol. The van der Waals surface area contributed by atoms with Gasteiger partial charge in [0.05, 0.1) is 28.7 Å². The van der Waals surface area contributed by atoms with Crippen LogP contribution in [0.3, 0.4) is 0 Å². The van der Waals surface area contributed by atoms with E-state index in [4.69, 9.17) is 11.6 Å². The number of amides is 2. The normalized spacial score (nSPS) is 13.7. The van der Waals surface area contributed by atoms with E-state index in [0.717, 1.165) is 16.5 Å². The molecule has 32 heavy (non-hydrogen) atoms. The molecule has 4 rings (SSSR count). The number of anilines is 2. The highest BCUT2D eigenvalue weighted by Crippen LogP contribution is 2.30. The van der Waals surface area contributed by atoms with Gasteiger partial charge in [-0.05, 0) is 49.2 Å². The molecule has 2 N–H and O–H groups in total. The monoisotopic (exact) mass is 469 g/mol. The van der Waals surface area contributed by atoms with Crippen LogP contribution in [0.4, 0.5) is 11.4 Å². The number of nitrogens with one attached hydrogen (secondary N) is 2. The number of thioether (sulfide) groups is 1. The third kappa shape index (κ3) is 4.92. The average Bonchev–Trinajstić information content (AvgIpc) is 3.23. The number of benzene rings is 2. The van der Waals surface area contributed by atoms with Crippen molar-refractivity contribution < 1.29 is 9.59 Å². The van der Waals surface area contributed by atoms with Crippen LogP contribution in [0.2, 0.25) is 5.02 Å². The van der Waals surface area contributed by atoms with E-state index in [1.165, 1.54) is 22.9 Å². The Labute approximate surface area is 196 Å². The molecule has 1 fully saturated rings. The summed E-state index contributed by atoms with van der Waals surface area (Å²) in [5.74, 6) is 0.0423. The lowest BCUT2D eigenvalue weighted by Crippen LogP contribution is -2.47. The van der Waals surface area contributed by atoms with Crippen LogP contribution in [0.25, 0.3) is 5.69 Å². The fraction of sp³-hybridized carbons (Fsp3) is 0.261. The van der Waals surface area contributed by atoms with Crippen LogP contribution in [0, 0.1) is 13.8 Å². The highest BCUT2D eigenvalue weighted by molar-refractivity contribution is 7.99. The van der Waals surface area contributed by atoms with Crippen molar-refractivity contribution in [1.82, 2.24) is 14.9 Å². The van der Waals surface area contributed by atoms with Gasteiger partial charge in [-0.3, -0.25) is 14.2 Å². The smallest absolute Gasteiger partial charge is 0.239 e. The zero-order valence-electron chi connectivity index (χ0n) is 17.9. The largest absolute Gasteiger partial charge is 0.359 e. The summed E-state index contributed by atoms with van der Waals surface area (Å²) in [5.41, 5.74) is 4.83. The molecule has 1 saturated heterocycles. The van der Waals surface area contributed by atoms with Crippen molar-refractivity contribution in [1.29, 1.82) is 0 Å². The van der Waals surface area contributed by atoms with Gasteiger partial charge in [-0.2, -0.15) is 0 Å². The zero-order valence-corrected chi connectivity index (χ0v) is 19.5. The number of rotatable bonds is 6. The Bertz CT molecular complexity index is 1160. The van der Waals surface area contributed by atoms with Gasteiger partial charge in [0.25, 0.3) is 0 Å². The van der Waals surface area contributed by atoms with Crippen LogP contribution in [0.5, 0.6) is 0 Å². The lowest BCUT2D eigenvalue weighted by molar-refractivity contribution is -0.120. The summed E-state index contributed by atoms with van der Waals surface area (Å²) in [5, 5.41) is 6.93. The minimum Gasteiger partial charge on any atom is -0.359 e. The van der Waals surface area contributed by atoms with Gasteiger partial charge < -0.3 is 15.5 Å². The fourth-order valence-corrected chi connectivity index (χ4v) is 4.66. The second kappa shape index (κ2) is 9.67. The van der Waals surface area contributed by atoms with Crippen molar-refractivity contribution in [2.24, 2.45) is 0 Å². The number of halogens is 1. The first kappa shape index (κ1) is 22.2. The van der Waals surface area contributed by atoms with Crippen LogP contribution >= 0.6 is 23.4 Å². The highest BCUT2D eigenvalue weighted by Gasteiger charge is 2.19. The quantitative estimate of drug-likeness (QED) is 0.537. The van der Waals surface area contributed by atoms with E-state index >= 15 is 0 Å². The molecule has 1 aliphatic heterocycles. The first-order valence-electron chi connectivity index (χ1n) is 10.3.